The summed E-state index contributed by atoms with van der Waals surface area (Å²) in [6.45, 7) is 2.30. The first-order chi connectivity index (χ1) is 6.20. The Morgan fingerprint density at radius 3 is 2.69 bits per heavy atom. The molecule has 1 heterocycles. The number of ether oxygens (including phenoxy) is 1. The third-order valence-electron chi connectivity index (χ3n) is 2.42. The van der Waals surface area contributed by atoms with Gasteiger partial charge in [-0.2, -0.15) is 0 Å². The summed E-state index contributed by atoms with van der Waals surface area (Å²) in [5.74, 6) is 0.227. The predicted octanol–water partition coefficient (Wildman–Crippen LogP) is 1.70. The number of hydrogen-bond acceptors (Lipinski definition) is 3. The lowest BCUT2D eigenvalue weighted by molar-refractivity contribution is -0.145. The van der Waals surface area contributed by atoms with E-state index in [0.29, 0.717) is 31.7 Å². The maximum absolute atomic E-state index is 11.4. The Morgan fingerprint density at radius 2 is 1.92 bits per heavy atom. The maximum Gasteiger partial charge on any atom is 0.305 e. The van der Waals surface area contributed by atoms with Crippen molar-refractivity contribution in [2.45, 2.75) is 39.0 Å². The van der Waals surface area contributed by atoms with Crippen molar-refractivity contribution in [3.63, 3.8) is 0 Å². The van der Waals surface area contributed by atoms with Crippen LogP contribution < -0.4 is 0 Å². The molecule has 13 heavy (non-hydrogen) atoms. The van der Waals surface area contributed by atoms with E-state index in [1.165, 1.54) is 0 Å². The molecule has 1 fully saturated rings. The first kappa shape index (κ1) is 10.2. The van der Waals surface area contributed by atoms with Gasteiger partial charge in [0.1, 0.15) is 5.78 Å². The number of Topliss-reactive ketones (excluding diaryl/α,β-unsaturated/α-hetero) is 1. The number of cyclic esters (lactones) is 1. The summed E-state index contributed by atoms with van der Waals surface area (Å²) >= 11 is 0. The summed E-state index contributed by atoms with van der Waals surface area (Å²) in [7, 11) is 0. The second-order valence-electron chi connectivity index (χ2n) is 3.58. The molecule has 74 valence electrons. The van der Waals surface area contributed by atoms with Crippen molar-refractivity contribution >= 4 is 11.8 Å². The highest BCUT2D eigenvalue weighted by Crippen LogP contribution is 2.12. The standard InChI is InChI=1S/C10H16O3/c1-8-6-7-13-10(12)5-3-2-4-9(8)11/h8H,2-7H2,1H3. The number of carbonyl (C=O) groups excluding carboxylic acids is 2. The van der Waals surface area contributed by atoms with Crippen LogP contribution in [0.5, 0.6) is 0 Å². The van der Waals surface area contributed by atoms with Crippen LogP contribution in [-0.4, -0.2) is 18.4 Å². The van der Waals surface area contributed by atoms with Crippen LogP contribution in [0, 0.1) is 5.92 Å². The lowest BCUT2D eigenvalue weighted by atomic mass is 9.98. The molecule has 0 aliphatic carbocycles. The second-order valence-corrected chi connectivity index (χ2v) is 3.58. The minimum atomic E-state index is -0.124. The third-order valence-corrected chi connectivity index (χ3v) is 2.42. The van der Waals surface area contributed by atoms with Crippen LogP contribution in [0.3, 0.4) is 0 Å². The fourth-order valence-corrected chi connectivity index (χ4v) is 1.40. The zero-order valence-corrected chi connectivity index (χ0v) is 8.04. The average Bonchev–Trinajstić information content (AvgIpc) is 2.11. The van der Waals surface area contributed by atoms with Crippen LogP contribution in [0.25, 0.3) is 0 Å². The normalized spacial score (nSPS) is 26.7. The Hall–Kier alpha value is -0.860. The molecule has 0 aromatic carbocycles. The Morgan fingerprint density at radius 1 is 1.23 bits per heavy atom. The Balaban J connectivity index is 2.41. The molecule has 1 atom stereocenters. The third kappa shape index (κ3) is 3.57. The quantitative estimate of drug-likeness (QED) is 0.538. The van der Waals surface area contributed by atoms with Gasteiger partial charge in [0.2, 0.25) is 0 Å². The summed E-state index contributed by atoms with van der Waals surface area (Å²) in [5.41, 5.74) is 0. The van der Waals surface area contributed by atoms with Gasteiger partial charge in [0, 0.05) is 18.8 Å². The largest absolute Gasteiger partial charge is 0.466 e. The van der Waals surface area contributed by atoms with Crippen molar-refractivity contribution in [3.8, 4) is 0 Å². The highest BCUT2D eigenvalue weighted by atomic mass is 16.5. The van der Waals surface area contributed by atoms with Gasteiger partial charge >= 0.3 is 5.97 Å². The van der Waals surface area contributed by atoms with Crippen LogP contribution in [-0.2, 0) is 14.3 Å². The van der Waals surface area contributed by atoms with Gasteiger partial charge in [0.15, 0.2) is 0 Å². The number of esters is 1. The first-order valence-corrected chi connectivity index (χ1v) is 4.88. The number of ketones is 1. The Kier molecular flexibility index (Phi) is 3.93. The summed E-state index contributed by atoms with van der Waals surface area (Å²) in [6, 6.07) is 0. The van der Waals surface area contributed by atoms with Crippen LogP contribution in [0.4, 0.5) is 0 Å². The monoisotopic (exact) mass is 184 g/mol. The minimum Gasteiger partial charge on any atom is -0.466 e. The molecule has 1 saturated heterocycles. The highest BCUT2D eigenvalue weighted by molar-refractivity contribution is 5.80. The zero-order chi connectivity index (χ0) is 9.68. The summed E-state index contributed by atoms with van der Waals surface area (Å²) < 4.78 is 4.95. The molecule has 1 unspecified atom stereocenters. The molecule has 0 aromatic rings. The van der Waals surface area contributed by atoms with Crippen LogP contribution in [0.2, 0.25) is 0 Å². The molecule has 0 spiro atoms. The molecule has 0 N–H and O–H groups in total. The van der Waals surface area contributed by atoms with Crippen molar-refractivity contribution in [1.82, 2.24) is 0 Å². The van der Waals surface area contributed by atoms with E-state index >= 15 is 0 Å². The van der Waals surface area contributed by atoms with E-state index in [1.54, 1.807) is 0 Å². The van der Waals surface area contributed by atoms with E-state index in [9.17, 15) is 9.59 Å². The predicted molar refractivity (Wildman–Crippen MR) is 48.2 cm³/mol. The lowest BCUT2D eigenvalue weighted by Crippen LogP contribution is -2.17. The minimum absolute atomic E-state index is 0.0471. The molecule has 0 aromatic heterocycles. The molecule has 0 saturated carbocycles. The summed E-state index contributed by atoms with van der Waals surface area (Å²) in [6.07, 6.45) is 3.34. The molecule has 0 radical (unpaired) electrons. The number of carbonyl (C=O) groups is 2. The molecular formula is C10H16O3. The van der Waals surface area contributed by atoms with Gasteiger partial charge in [0.25, 0.3) is 0 Å². The van der Waals surface area contributed by atoms with Crippen molar-refractivity contribution in [3.05, 3.63) is 0 Å². The van der Waals surface area contributed by atoms with Crippen LogP contribution in [0.1, 0.15) is 39.0 Å². The van der Waals surface area contributed by atoms with Crippen molar-refractivity contribution in [1.29, 1.82) is 0 Å². The summed E-state index contributed by atoms with van der Waals surface area (Å²) in [5, 5.41) is 0. The van der Waals surface area contributed by atoms with E-state index in [1.807, 2.05) is 6.92 Å². The fraction of sp³-hybridized carbons (Fsp3) is 0.800. The van der Waals surface area contributed by atoms with Gasteiger partial charge in [0.05, 0.1) is 6.61 Å². The zero-order valence-electron chi connectivity index (χ0n) is 8.04. The van der Waals surface area contributed by atoms with E-state index in [4.69, 9.17) is 4.74 Å². The van der Waals surface area contributed by atoms with Gasteiger partial charge in [-0.3, -0.25) is 9.59 Å². The van der Waals surface area contributed by atoms with Crippen molar-refractivity contribution in [2.24, 2.45) is 5.92 Å². The Bertz CT molecular complexity index is 198. The second kappa shape index (κ2) is 5.00. The van der Waals surface area contributed by atoms with Crippen molar-refractivity contribution in [2.75, 3.05) is 6.61 Å². The smallest absolute Gasteiger partial charge is 0.305 e. The molecule has 1 rings (SSSR count). The topological polar surface area (TPSA) is 43.4 Å². The van der Waals surface area contributed by atoms with Crippen molar-refractivity contribution < 1.29 is 14.3 Å². The number of hydrogen-bond donors (Lipinski definition) is 0. The first-order valence-electron chi connectivity index (χ1n) is 4.88. The van der Waals surface area contributed by atoms with E-state index < -0.39 is 0 Å². The highest BCUT2D eigenvalue weighted by Gasteiger charge is 2.15. The molecular weight excluding hydrogens is 168 g/mol. The molecule has 3 heteroatoms. The van der Waals surface area contributed by atoms with Gasteiger partial charge in [-0.05, 0) is 19.3 Å². The fourth-order valence-electron chi connectivity index (χ4n) is 1.40. The lowest BCUT2D eigenvalue weighted by Gasteiger charge is -2.12. The molecule has 3 nitrogen and oxygen atoms in total. The van der Waals surface area contributed by atoms with Crippen LogP contribution in [0.15, 0.2) is 0 Å². The van der Waals surface area contributed by atoms with E-state index in [2.05, 4.69) is 0 Å². The van der Waals surface area contributed by atoms with Gasteiger partial charge < -0.3 is 4.74 Å². The van der Waals surface area contributed by atoms with Crippen LogP contribution >= 0.6 is 0 Å². The average molecular weight is 184 g/mol. The van der Waals surface area contributed by atoms with Gasteiger partial charge in [-0.15, -0.1) is 0 Å². The number of rotatable bonds is 0. The summed E-state index contributed by atoms with van der Waals surface area (Å²) in [4.78, 5) is 22.4. The van der Waals surface area contributed by atoms with E-state index in [-0.39, 0.29) is 11.9 Å². The van der Waals surface area contributed by atoms with E-state index in [0.717, 1.165) is 12.8 Å². The van der Waals surface area contributed by atoms with Gasteiger partial charge in [-0.25, -0.2) is 0 Å². The SMILES string of the molecule is CC1CCOC(=O)CCCCC1=O. The maximum atomic E-state index is 11.4. The molecule has 0 amide bonds. The molecule has 1 aliphatic rings. The molecule has 1 aliphatic heterocycles. The van der Waals surface area contributed by atoms with Gasteiger partial charge in [-0.1, -0.05) is 6.92 Å². The Labute approximate surface area is 78.5 Å². The molecule has 0 bridgehead atoms.